The monoisotopic (exact) mass is 820 g/mol. The molecule has 2 aliphatic carbocycles. The summed E-state index contributed by atoms with van der Waals surface area (Å²) >= 11 is 15.5. The van der Waals surface area contributed by atoms with Crippen molar-refractivity contribution in [3.8, 4) is 11.3 Å². The highest BCUT2D eigenvalue weighted by molar-refractivity contribution is 9.10. The molecule has 0 aliphatic heterocycles. The van der Waals surface area contributed by atoms with E-state index in [4.69, 9.17) is 42.7 Å². The molecule has 0 unspecified atom stereocenters. The molecule has 2 N–H and O–H groups in total. The lowest BCUT2D eigenvalue weighted by Crippen LogP contribution is -2.30. The summed E-state index contributed by atoms with van der Waals surface area (Å²) in [6, 6.07) is 17.0. The van der Waals surface area contributed by atoms with E-state index in [0.29, 0.717) is 35.8 Å². The molecule has 2 aromatic carbocycles. The average molecular weight is 823 g/mol. The van der Waals surface area contributed by atoms with Gasteiger partial charge >= 0.3 is 7.12 Å². The lowest BCUT2D eigenvalue weighted by atomic mass is 9.80. The Kier molecular flexibility index (Phi) is 15.5. The second-order valence-corrected chi connectivity index (χ2v) is 28.3. The van der Waals surface area contributed by atoms with Crippen molar-refractivity contribution in [3.05, 3.63) is 87.2 Å². The van der Waals surface area contributed by atoms with Gasteiger partial charge in [0.05, 0.1) is 34.8 Å². The molecule has 0 bridgehead atoms. The zero-order chi connectivity index (χ0) is 36.5. The van der Waals surface area contributed by atoms with Gasteiger partial charge in [-0.25, -0.2) is 9.97 Å². The quantitative estimate of drug-likeness (QED) is 0.0974. The van der Waals surface area contributed by atoms with Crippen LogP contribution >= 0.6 is 39.1 Å². The van der Waals surface area contributed by atoms with Gasteiger partial charge < -0.3 is 28.7 Å². The highest BCUT2D eigenvalue weighted by Crippen LogP contribution is 2.45. The fraction of sp³-hybridized carbons (Fsp3) is 0.500. The molecule has 8 nitrogen and oxygen atoms in total. The predicted octanol–water partition coefficient (Wildman–Crippen LogP) is 9.25. The zero-order valence-electron chi connectivity index (χ0n) is 30.2. The van der Waals surface area contributed by atoms with Crippen molar-refractivity contribution in [1.82, 2.24) is 19.1 Å². The summed E-state index contributed by atoms with van der Waals surface area (Å²) < 4.78 is 17.0. The number of hydrogen-bond donors (Lipinski definition) is 2. The van der Waals surface area contributed by atoms with Crippen molar-refractivity contribution in [1.29, 1.82) is 0 Å². The number of nitrogens with zero attached hydrogens (tertiary/aromatic N) is 4. The number of ether oxygens (including phenoxy) is 2. The maximum absolute atomic E-state index is 8.68. The molecule has 4 aromatic rings. The molecule has 0 atom stereocenters. The molecule has 2 aliphatic rings. The molecule has 0 amide bonds. The van der Waals surface area contributed by atoms with Crippen LogP contribution in [0.4, 0.5) is 0 Å². The van der Waals surface area contributed by atoms with E-state index in [2.05, 4.69) is 74.3 Å². The Morgan fingerprint density at radius 2 is 1.22 bits per heavy atom. The van der Waals surface area contributed by atoms with Crippen LogP contribution in [-0.4, -0.2) is 65.6 Å². The molecule has 0 radical (unpaired) electrons. The van der Waals surface area contributed by atoms with E-state index >= 15 is 0 Å². The largest absolute Gasteiger partial charge is 0.489 e. The molecule has 2 aromatic heterocycles. The first-order valence-corrected chi connectivity index (χ1v) is 26.4. The summed E-state index contributed by atoms with van der Waals surface area (Å²) in [4.78, 5) is 8.96. The fourth-order valence-electron chi connectivity index (χ4n) is 5.14. The molecule has 2 fully saturated rings. The lowest BCUT2D eigenvalue weighted by Gasteiger charge is -2.16. The molecule has 50 heavy (non-hydrogen) atoms. The minimum absolute atomic E-state index is 0.337. The molecule has 6 rings (SSSR count). The third-order valence-corrected chi connectivity index (χ3v) is 13.1. The van der Waals surface area contributed by atoms with Gasteiger partial charge in [0.25, 0.3) is 0 Å². The van der Waals surface area contributed by atoms with Gasteiger partial charge in [0.1, 0.15) is 18.1 Å². The smallest absolute Gasteiger partial charge is 0.423 e. The van der Waals surface area contributed by atoms with Crippen molar-refractivity contribution < 1.29 is 19.5 Å². The summed E-state index contributed by atoms with van der Waals surface area (Å²) in [6.45, 7) is 17.2. The van der Waals surface area contributed by atoms with Crippen LogP contribution in [-0.2, 0) is 22.9 Å². The van der Waals surface area contributed by atoms with Gasteiger partial charge in [-0.2, -0.15) is 0 Å². The first kappa shape index (κ1) is 41.0. The van der Waals surface area contributed by atoms with Crippen LogP contribution in [0.2, 0.25) is 61.4 Å². The number of halogens is 3. The van der Waals surface area contributed by atoms with E-state index in [9.17, 15) is 0 Å². The van der Waals surface area contributed by atoms with Crippen molar-refractivity contribution in [2.24, 2.45) is 0 Å². The first-order chi connectivity index (χ1) is 23.6. The SMILES string of the molecule is C[Si](C)(C)CCOCn1cnc(-c2ccccc2Cl)c1C1CC1.C[Si](C)(C)CCOCn1cnc(Br)c1C1CC1.OB(O)c1ccccc1Cl. The van der Waals surface area contributed by atoms with Crippen LogP contribution in [0.15, 0.2) is 65.8 Å². The van der Waals surface area contributed by atoms with Gasteiger partial charge in [-0.15, -0.1) is 0 Å². The number of rotatable bonds is 14. The molecule has 2 saturated carbocycles. The van der Waals surface area contributed by atoms with E-state index in [0.717, 1.165) is 34.1 Å². The van der Waals surface area contributed by atoms with Gasteiger partial charge in [-0.05, 0) is 65.8 Å². The number of hydrogen-bond acceptors (Lipinski definition) is 6. The van der Waals surface area contributed by atoms with Gasteiger partial charge in [0, 0.05) is 57.2 Å². The molecular formula is C36H52BBrCl2N4O4Si2. The zero-order valence-corrected chi connectivity index (χ0v) is 35.3. The molecule has 0 spiro atoms. The van der Waals surface area contributed by atoms with Gasteiger partial charge in [-0.3, -0.25) is 0 Å². The maximum Gasteiger partial charge on any atom is 0.489 e. The Labute approximate surface area is 318 Å². The van der Waals surface area contributed by atoms with E-state index in [1.54, 1.807) is 24.3 Å². The minimum Gasteiger partial charge on any atom is -0.423 e. The Hall–Kier alpha value is -1.74. The highest BCUT2D eigenvalue weighted by Gasteiger charge is 2.32. The molecule has 0 saturated heterocycles. The van der Waals surface area contributed by atoms with Gasteiger partial charge in [0.15, 0.2) is 0 Å². The Morgan fingerprint density at radius 1 is 0.740 bits per heavy atom. The van der Waals surface area contributed by atoms with Crippen molar-refractivity contribution >= 4 is 67.9 Å². The van der Waals surface area contributed by atoms with E-state index in [-0.39, 0.29) is 0 Å². The Bertz CT molecular complexity index is 1650. The standard InChI is InChI=1S/C18H25ClN2OSi.C12H21BrN2OSi.C6H6BClO2/c1-23(2,3)11-10-22-13-21-12-20-17(18(21)14-8-9-14)15-6-4-5-7-16(15)19;1-17(2,3)7-6-16-9-15-8-14-12(13)11(15)10-4-5-10;8-6-4-2-1-3-5(6)7(9)10/h4-7,12,14H,8-11,13H2,1-3H3;8,10H,4-7,9H2,1-3H3;1-4,9-10H. The second kappa shape index (κ2) is 18.8. The number of aromatic nitrogens is 4. The number of benzene rings is 2. The summed E-state index contributed by atoms with van der Waals surface area (Å²) in [6.07, 6.45) is 8.83. The maximum atomic E-state index is 8.68. The summed E-state index contributed by atoms with van der Waals surface area (Å²) in [5.41, 5.74) is 4.98. The van der Waals surface area contributed by atoms with Crippen LogP contribution in [0.5, 0.6) is 0 Å². The number of imidazole rings is 2. The lowest BCUT2D eigenvalue weighted by molar-refractivity contribution is 0.0852. The summed E-state index contributed by atoms with van der Waals surface area (Å²) in [7, 11) is -3.49. The average Bonchev–Trinajstić information content (AvgIpc) is 3.98. The Morgan fingerprint density at radius 3 is 1.70 bits per heavy atom. The topological polar surface area (TPSA) is 94.6 Å². The van der Waals surface area contributed by atoms with Crippen molar-refractivity contribution in [2.45, 2.75) is 102 Å². The molecular weight excluding hydrogens is 770 g/mol. The molecule has 14 heteroatoms. The van der Waals surface area contributed by atoms with Crippen LogP contribution in [0, 0.1) is 0 Å². The van der Waals surface area contributed by atoms with E-state index in [1.807, 2.05) is 36.9 Å². The van der Waals surface area contributed by atoms with E-state index in [1.165, 1.54) is 49.2 Å². The summed E-state index contributed by atoms with van der Waals surface area (Å²) in [5.74, 6) is 1.30. The fourth-order valence-corrected chi connectivity index (χ4v) is 7.75. The van der Waals surface area contributed by atoms with Crippen molar-refractivity contribution in [3.63, 3.8) is 0 Å². The normalized spacial score (nSPS) is 14.5. The van der Waals surface area contributed by atoms with Crippen LogP contribution in [0.3, 0.4) is 0 Å². The van der Waals surface area contributed by atoms with Gasteiger partial charge in [-0.1, -0.05) is 98.9 Å². The third kappa shape index (κ3) is 13.3. The van der Waals surface area contributed by atoms with Crippen LogP contribution in [0.1, 0.15) is 48.9 Å². The van der Waals surface area contributed by atoms with Crippen LogP contribution < -0.4 is 5.46 Å². The molecule has 272 valence electrons. The second-order valence-electron chi connectivity index (χ2n) is 15.5. The minimum atomic E-state index is -1.48. The summed E-state index contributed by atoms with van der Waals surface area (Å²) in [5, 5.41) is 18.5. The van der Waals surface area contributed by atoms with Gasteiger partial charge in [0.2, 0.25) is 0 Å². The first-order valence-electron chi connectivity index (χ1n) is 17.4. The van der Waals surface area contributed by atoms with E-state index < -0.39 is 23.3 Å². The molecule has 2 heterocycles. The van der Waals surface area contributed by atoms with Crippen LogP contribution in [0.25, 0.3) is 11.3 Å². The predicted molar refractivity (Wildman–Crippen MR) is 216 cm³/mol. The Balaban J connectivity index is 0.000000182. The highest BCUT2D eigenvalue weighted by atomic mass is 79.9. The van der Waals surface area contributed by atoms with Crippen molar-refractivity contribution in [2.75, 3.05) is 13.2 Å². The third-order valence-electron chi connectivity index (χ3n) is 8.40.